The molecule has 1 heterocycles. The summed E-state index contributed by atoms with van der Waals surface area (Å²) in [5.41, 5.74) is 0. The molecule has 0 aliphatic carbocycles. The fourth-order valence-electron chi connectivity index (χ4n) is 0.766. The Morgan fingerprint density at radius 3 is 2.78 bits per heavy atom. The van der Waals surface area contributed by atoms with E-state index in [4.69, 9.17) is 4.74 Å². The number of carbonyl (C=O) groups is 1. The second-order valence-electron chi connectivity index (χ2n) is 2.39. The molecular weight excluding hydrogens is 118 g/mol. The monoisotopic (exact) mass is 129 g/mol. The molecule has 1 rings (SSSR count). The summed E-state index contributed by atoms with van der Waals surface area (Å²) < 4.78 is 5.09. The minimum Gasteiger partial charge on any atom is -0.367 e. The molecule has 0 radical (unpaired) electrons. The van der Waals surface area contributed by atoms with Crippen LogP contribution in [0.4, 0.5) is 0 Å². The van der Waals surface area contributed by atoms with Crippen LogP contribution in [0.25, 0.3) is 0 Å². The number of amides is 1. The molecule has 52 valence electrons. The van der Waals surface area contributed by atoms with Crippen molar-refractivity contribution in [3.05, 3.63) is 0 Å². The molecule has 1 amide bonds. The summed E-state index contributed by atoms with van der Waals surface area (Å²) in [6, 6.07) is 0.175. The number of nitrogens with one attached hydrogen (secondary N) is 1. The van der Waals surface area contributed by atoms with E-state index in [2.05, 4.69) is 5.32 Å². The first-order valence-corrected chi connectivity index (χ1v) is 3.12. The van der Waals surface area contributed by atoms with Gasteiger partial charge in [-0.1, -0.05) is 0 Å². The Bertz CT molecular complexity index is 124. The van der Waals surface area contributed by atoms with E-state index in [1.54, 1.807) is 6.92 Å². The van der Waals surface area contributed by atoms with Crippen molar-refractivity contribution >= 4 is 5.91 Å². The van der Waals surface area contributed by atoms with Gasteiger partial charge in [0, 0.05) is 6.04 Å². The molecule has 3 heteroatoms. The summed E-state index contributed by atoms with van der Waals surface area (Å²) in [7, 11) is 0. The number of hydrogen-bond acceptors (Lipinski definition) is 2. The fraction of sp³-hybridized carbons (Fsp3) is 0.833. The summed E-state index contributed by atoms with van der Waals surface area (Å²) in [6.45, 7) is 4.30. The Labute approximate surface area is 54.4 Å². The van der Waals surface area contributed by atoms with E-state index >= 15 is 0 Å². The zero-order valence-electron chi connectivity index (χ0n) is 5.68. The van der Waals surface area contributed by atoms with Crippen molar-refractivity contribution in [1.29, 1.82) is 0 Å². The largest absolute Gasteiger partial charge is 0.367 e. The molecule has 0 aromatic rings. The van der Waals surface area contributed by atoms with Crippen molar-refractivity contribution in [2.24, 2.45) is 0 Å². The lowest BCUT2D eigenvalue weighted by molar-refractivity contribution is -0.138. The highest BCUT2D eigenvalue weighted by molar-refractivity contribution is 5.81. The van der Waals surface area contributed by atoms with Crippen LogP contribution in [0.5, 0.6) is 0 Å². The molecule has 0 spiro atoms. The number of ether oxygens (including phenoxy) is 1. The van der Waals surface area contributed by atoms with Gasteiger partial charge in [0.05, 0.1) is 6.61 Å². The quantitative estimate of drug-likeness (QED) is 0.496. The van der Waals surface area contributed by atoms with E-state index in [1.165, 1.54) is 0 Å². The van der Waals surface area contributed by atoms with Crippen LogP contribution in [0, 0.1) is 0 Å². The third kappa shape index (κ3) is 1.42. The van der Waals surface area contributed by atoms with Crippen molar-refractivity contribution in [1.82, 2.24) is 5.32 Å². The summed E-state index contributed by atoms with van der Waals surface area (Å²) >= 11 is 0. The van der Waals surface area contributed by atoms with Gasteiger partial charge in [0.15, 0.2) is 0 Å². The smallest absolute Gasteiger partial charge is 0.249 e. The first-order chi connectivity index (χ1) is 4.20. The maximum Gasteiger partial charge on any atom is 0.249 e. The maximum atomic E-state index is 10.8. The molecule has 0 aromatic carbocycles. The third-order valence-electron chi connectivity index (χ3n) is 1.35. The average molecular weight is 129 g/mol. The van der Waals surface area contributed by atoms with Gasteiger partial charge < -0.3 is 10.1 Å². The van der Waals surface area contributed by atoms with Crippen LogP contribution in [0.15, 0.2) is 0 Å². The van der Waals surface area contributed by atoms with Gasteiger partial charge in [-0.3, -0.25) is 4.79 Å². The van der Waals surface area contributed by atoms with E-state index in [0.29, 0.717) is 6.61 Å². The fourth-order valence-corrected chi connectivity index (χ4v) is 0.766. The van der Waals surface area contributed by atoms with Crippen LogP contribution in [-0.4, -0.2) is 24.7 Å². The molecule has 0 bridgehead atoms. The van der Waals surface area contributed by atoms with Crippen molar-refractivity contribution in [3.63, 3.8) is 0 Å². The lowest BCUT2D eigenvalue weighted by Crippen LogP contribution is -2.48. The summed E-state index contributed by atoms with van der Waals surface area (Å²) in [6.07, 6.45) is -0.263. The molecule has 1 aliphatic heterocycles. The molecule has 1 unspecified atom stereocenters. The highest BCUT2D eigenvalue weighted by atomic mass is 16.5. The summed E-state index contributed by atoms with van der Waals surface area (Å²) in [5, 5.41) is 2.77. The standard InChI is InChI=1S/C6H11NO2/c1-4-3-9-5(2)6(8)7-4/h4-5H,3H2,1-2H3,(H,7,8)/t4?,5-/m1/s1. The summed E-state index contributed by atoms with van der Waals surface area (Å²) in [4.78, 5) is 10.8. The number of carbonyl (C=O) groups excluding carboxylic acids is 1. The van der Waals surface area contributed by atoms with E-state index in [9.17, 15) is 4.79 Å². The normalized spacial score (nSPS) is 36.0. The second-order valence-corrected chi connectivity index (χ2v) is 2.39. The van der Waals surface area contributed by atoms with Crippen molar-refractivity contribution in [3.8, 4) is 0 Å². The van der Waals surface area contributed by atoms with Crippen molar-refractivity contribution < 1.29 is 9.53 Å². The Hall–Kier alpha value is -0.570. The zero-order valence-corrected chi connectivity index (χ0v) is 5.68. The van der Waals surface area contributed by atoms with Gasteiger partial charge in [-0.15, -0.1) is 0 Å². The first kappa shape index (κ1) is 6.55. The van der Waals surface area contributed by atoms with E-state index in [1.807, 2.05) is 6.92 Å². The van der Waals surface area contributed by atoms with Gasteiger partial charge in [-0.2, -0.15) is 0 Å². The predicted molar refractivity (Wildman–Crippen MR) is 33.0 cm³/mol. The van der Waals surface area contributed by atoms with Crippen LogP contribution < -0.4 is 5.32 Å². The molecule has 0 saturated carbocycles. The van der Waals surface area contributed by atoms with Crippen LogP contribution in [0.3, 0.4) is 0 Å². The molecule has 1 saturated heterocycles. The highest BCUT2D eigenvalue weighted by Gasteiger charge is 2.21. The zero-order chi connectivity index (χ0) is 6.85. The van der Waals surface area contributed by atoms with Crippen LogP contribution >= 0.6 is 0 Å². The minimum atomic E-state index is -0.263. The molecule has 9 heavy (non-hydrogen) atoms. The Balaban J connectivity index is 2.44. The first-order valence-electron chi connectivity index (χ1n) is 3.12. The second kappa shape index (κ2) is 2.35. The molecule has 2 atom stereocenters. The van der Waals surface area contributed by atoms with Gasteiger partial charge in [0.25, 0.3) is 0 Å². The van der Waals surface area contributed by atoms with Gasteiger partial charge >= 0.3 is 0 Å². The average Bonchev–Trinajstić information content (AvgIpc) is 1.80. The molecular formula is C6H11NO2. The van der Waals surface area contributed by atoms with Gasteiger partial charge in [-0.25, -0.2) is 0 Å². The maximum absolute atomic E-state index is 10.8. The molecule has 3 nitrogen and oxygen atoms in total. The van der Waals surface area contributed by atoms with Gasteiger partial charge in [0.1, 0.15) is 6.10 Å². The number of rotatable bonds is 0. The van der Waals surface area contributed by atoms with Gasteiger partial charge in [-0.05, 0) is 13.8 Å². The molecule has 1 N–H and O–H groups in total. The van der Waals surface area contributed by atoms with Gasteiger partial charge in [0.2, 0.25) is 5.91 Å². The number of morpholine rings is 1. The third-order valence-corrected chi connectivity index (χ3v) is 1.35. The lowest BCUT2D eigenvalue weighted by Gasteiger charge is -2.24. The van der Waals surface area contributed by atoms with E-state index in [-0.39, 0.29) is 18.1 Å². The topological polar surface area (TPSA) is 38.3 Å². The predicted octanol–water partition coefficient (Wildman–Crippen LogP) is -0.0902. The lowest BCUT2D eigenvalue weighted by atomic mass is 10.2. The van der Waals surface area contributed by atoms with Crippen LogP contribution in [0.2, 0.25) is 0 Å². The summed E-state index contributed by atoms with van der Waals surface area (Å²) in [5.74, 6) is -0.00579. The molecule has 0 aromatic heterocycles. The van der Waals surface area contributed by atoms with Crippen molar-refractivity contribution in [2.45, 2.75) is 26.0 Å². The Morgan fingerprint density at radius 1 is 1.67 bits per heavy atom. The highest BCUT2D eigenvalue weighted by Crippen LogP contribution is 1.99. The Kier molecular flexibility index (Phi) is 1.71. The van der Waals surface area contributed by atoms with E-state index in [0.717, 1.165) is 0 Å². The van der Waals surface area contributed by atoms with E-state index < -0.39 is 0 Å². The van der Waals surface area contributed by atoms with Crippen LogP contribution in [-0.2, 0) is 9.53 Å². The van der Waals surface area contributed by atoms with Crippen molar-refractivity contribution in [2.75, 3.05) is 6.61 Å². The number of hydrogen-bond donors (Lipinski definition) is 1. The molecule has 1 fully saturated rings. The molecule has 1 aliphatic rings. The SMILES string of the molecule is CC1CO[C@H](C)C(=O)N1. The van der Waals surface area contributed by atoms with Crippen LogP contribution in [0.1, 0.15) is 13.8 Å². The minimum absolute atomic E-state index is 0.00579. The Morgan fingerprint density at radius 2 is 2.33 bits per heavy atom.